The third-order valence-electron chi connectivity index (χ3n) is 3.94. The summed E-state index contributed by atoms with van der Waals surface area (Å²) in [6.45, 7) is 4.95. The number of rotatable bonds is 7. The van der Waals surface area contributed by atoms with Gasteiger partial charge in [0, 0.05) is 29.9 Å². The molecule has 0 fully saturated rings. The molecule has 0 aliphatic heterocycles. The Morgan fingerprint density at radius 1 is 0.963 bits per heavy atom. The van der Waals surface area contributed by atoms with Crippen molar-refractivity contribution in [2.45, 2.75) is 33.1 Å². The van der Waals surface area contributed by atoms with Gasteiger partial charge in [0.1, 0.15) is 12.4 Å². The molecule has 0 unspecified atom stereocenters. The van der Waals surface area contributed by atoms with Crippen LogP contribution in [0, 0.1) is 0 Å². The number of hydrogen-bond acceptors (Lipinski definition) is 4. The zero-order chi connectivity index (χ0) is 18.4. The molecule has 3 aromatic rings. The first-order valence-electron chi connectivity index (χ1n) is 8.78. The number of benzene rings is 2. The zero-order valence-electron chi connectivity index (χ0n) is 15.6. The molecule has 5 heteroatoms. The first-order chi connectivity index (χ1) is 12.7. The number of ether oxygens (including phenoxy) is 2. The molecular weight excluding hydrogens is 360 g/mol. The van der Waals surface area contributed by atoms with Crippen LogP contribution >= 0.6 is 12.4 Å². The van der Waals surface area contributed by atoms with Gasteiger partial charge in [-0.15, -0.1) is 12.4 Å². The first kappa shape index (κ1) is 20.7. The summed E-state index contributed by atoms with van der Waals surface area (Å²) in [7, 11) is 0. The monoisotopic (exact) mass is 384 g/mol. The molecule has 0 spiro atoms. The van der Waals surface area contributed by atoms with E-state index in [9.17, 15) is 0 Å². The Balaban J connectivity index is 0.00000261. The van der Waals surface area contributed by atoms with Gasteiger partial charge in [0.05, 0.1) is 6.10 Å². The van der Waals surface area contributed by atoms with Crippen LogP contribution in [0.5, 0.6) is 11.6 Å². The van der Waals surface area contributed by atoms with Gasteiger partial charge in [-0.05, 0) is 43.2 Å². The molecule has 0 atom stereocenters. The second-order valence-corrected chi connectivity index (χ2v) is 6.35. The highest BCUT2D eigenvalue weighted by Gasteiger charge is 2.08. The molecule has 142 valence electrons. The van der Waals surface area contributed by atoms with Crippen LogP contribution in [0.1, 0.15) is 25.0 Å². The van der Waals surface area contributed by atoms with Gasteiger partial charge >= 0.3 is 0 Å². The van der Waals surface area contributed by atoms with Crippen molar-refractivity contribution in [3.8, 4) is 22.8 Å². The molecule has 3 rings (SSSR count). The van der Waals surface area contributed by atoms with E-state index < -0.39 is 0 Å². The molecule has 0 aliphatic carbocycles. The molecule has 0 saturated heterocycles. The minimum absolute atomic E-state index is 0. The summed E-state index contributed by atoms with van der Waals surface area (Å²) in [5.41, 5.74) is 10.1. The fourth-order valence-electron chi connectivity index (χ4n) is 2.66. The lowest BCUT2D eigenvalue weighted by Gasteiger charge is -2.15. The topological polar surface area (TPSA) is 57.4 Å². The molecule has 0 bridgehead atoms. The van der Waals surface area contributed by atoms with Crippen molar-refractivity contribution in [1.82, 2.24) is 4.98 Å². The molecule has 1 heterocycles. The van der Waals surface area contributed by atoms with Gasteiger partial charge in [0.15, 0.2) is 0 Å². The van der Waals surface area contributed by atoms with Crippen molar-refractivity contribution in [2.24, 2.45) is 5.73 Å². The predicted molar refractivity (Wildman–Crippen MR) is 111 cm³/mol. The van der Waals surface area contributed by atoms with E-state index in [1.165, 1.54) is 0 Å². The standard InChI is InChI=1S/C22H24N2O2.ClH/c1-16(2)26-21-10-8-18(12-20(21)13-23)19-9-11-22(24-14-19)25-15-17-6-4-3-5-7-17;/h3-12,14,16H,13,15,23H2,1-2H3;1H. The Bertz CT molecular complexity index is 837. The van der Waals surface area contributed by atoms with Gasteiger partial charge in [0.2, 0.25) is 5.88 Å². The van der Waals surface area contributed by atoms with E-state index in [1.807, 2.05) is 74.6 Å². The Labute approximate surface area is 166 Å². The summed E-state index contributed by atoms with van der Waals surface area (Å²) in [5, 5.41) is 0. The maximum Gasteiger partial charge on any atom is 0.213 e. The van der Waals surface area contributed by atoms with Crippen LogP contribution in [0.4, 0.5) is 0 Å². The molecule has 0 saturated carbocycles. The maximum absolute atomic E-state index is 5.88. The maximum atomic E-state index is 5.88. The second-order valence-electron chi connectivity index (χ2n) is 6.35. The molecule has 0 radical (unpaired) electrons. The minimum atomic E-state index is 0. The average molecular weight is 385 g/mol. The van der Waals surface area contributed by atoms with E-state index in [0.29, 0.717) is 19.0 Å². The number of halogens is 1. The smallest absolute Gasteiger partial charge is 0.213 e. The third kappa shape index (κ3) is 5.71. The van der Waals surface area contributed by atoms with Crippen molar-refractivity contribution in [2.75, 3.05) is 0 Å². The highest BCUT2D eigenvalue weighted by molar-refractivity contribution is 5.85. The van der Waals surface area contributed by atoms with Crippen LogP contribution in [0.15, 0.2) is 66.9 Å². The normalized spacial score (nSPS) is 10.4. The fraction of sp³-hybridized carbons (Fsp3) is 0.227. The molecule has 4 nitrogen and oxygen atoms in total. The van der Waals surface area contributed by atoms with Crippen LogP contribution in [-0.4, -0.2) is 11.1 Å². The summed E-state index contributed by atoms with van der Waals surface area (Å²) in [6.07, 6.45) is 1.94. The number of hydrogen-bond donors (Lipinski definition) is 1. The van der Waals surface area contributed by atoms with Crippen LogP contribution < -0.4 is 15.2 Å². The lowest BCUT2D eigenvalue weighted by atomic mass is 10.0. The third-order valence-corrected chi connectivity index (χ3v) is 3.94. The predicted octanol–water partition coefficient (Wildman–Crippen LogP) is 5.00. The molecule has 0 aliphatic rings. The number of pyridine rings is 1. The summed E-state index contributed by atoms with van der Waals surface area (Å²) in [5.74, 6) is 1.44. The summed E-state index contributed by atoms with van der Waals surface area (Å²) >= 11 is 0. The first-order valence-corrected chi connectivity index (χ1v) is 8.78. The van der Waals surface area contributed by atoms with E-state index in [2.05, 4.69) is 11.1 Å². The zero-order valence-corrected chi connectivity index (χ0v) is 16.4. The van der Waals surface area contributed by atoms with Gasteiger partial charge in [-0.2, -0.15) is 0 Å². The Kier molecular flexibility index (Phi) is 7.65. The molecule has 0 amide bonds. The quantitative estimate of drug-likeness (QED) is 0.623. The SMILES string of the molecule is CC(C)Oc1ccc(-c2ccc(OCc3ccccc3)nc2)cc1CN.Cl. The van der Waals surface area contributed by atoms with E-state index in [0.717, 1.165) is 28.0 Å². The largest absolute Gasteiger partial charge is 0.491 e. The highest BCUT2D eigenvalue weighted by atomic mass is 35.5. The summed E-state index contributed by atoms with van der Waals surface area (Å²) < 4.78 is 11.5. The van der Waals surface area contributed by atoms with Crippen molar-refractivity contribution < 1.29 is 9.47 Å². The summed E-state index contributed by atoms with van der Waals surface area (Å²) in [6, 6.07) is 20.0. The number of nitrogens with zero attached hydrogens (tertiary/aromatic N) is 1. The molecule has 1 aromatic heterocycles. The Hall–Kier alpha value is -2.56. The van der Waals surface area contributed by atoms with Crippen molar-refractivity contribution >= 4 is 12.4 Å². The fourth-order valence-corrected chi connectivity index (χ4v) is 2.66. The van der Waals surface area contributed by atoms with Gasteiger partial charge in [0.25, 0.3) is 0 Å². The van der Waals surface area contributed by atoms with Crippen LogP contribution in [-0.2, 0) is 13.2 Å². The van der Waals surface area contributed by atoms with E-state index in [-0.39, 0.29) is 18.5 Å². The lowest BCUT2D eigenvalue weighted by Crippen LogP contribution is -2.09. The Morgan fingerprint density at radius 3 is 2.33 bits per heavy atom. The molecule has 2 aromatic carbocycles. The van der Waals surface area contributed by atoms with E-state index in [1.54, 1.807) is 0 Å². The van der Waals surface area contributed by atoms with Crippen LogP contribution in [0.2, 0.25) is 0 Å². The number of aromatic nitrogens is 1. The van der Waals surface area contributed by atoms with Crippen molar-refractivity contribution in [3.05, 3.63) is 78.0 Å². The van der Waals surface area contributed by atoms with Gasteiger partial charge in [-0.3, -0.25) is 0 Å². The van der Waals surface area contributed by atoms with E-state index >= 15 is 0 Å². The van der Waals surface area contributed by atoms with Crippen molar-refractivity contribution in [3.63, 3.8) is 0 Å². The van der Waals surface area contributed by atoms with Crippen molar-refractivity contribution in [1.29, 1.82) is 0 Å². The average Bonchev–Trinajstić information content (AvgIpc) is 2.67. The highest BCUT2D eigenvalue weighted by Crippen LogP contribution is 2.27. The van der Waals surface area contributed by atoms with Gasteiger partial charge in [-0.25, -0.2) is 4.98 Å². The Morgan fingerprint density at radius 2 is 1.70 bits per heavy atom. The molecular formula is C22H25ClN2O2. The second kappa shape index (κ2) is 9.95. The van der Waals surface area contributed by atoms with Crippen LogP contribution in [0.25, 0.3) is 11.1 Å². The minimum Gasteiger partial charge on any atom is -0.491 e. The lowest BCUT2D eigenvalue weighted by molar-refractivity contribution is 0.240. The van der Waals surface area contributed by atoms with Gasteiger partial charge < -0.3 is 15.2 Å². The number of nitrogens with two attached hydrogens (primary N) is 1. The summed E-state index contributed by atoms with van der Waals surface area (Å²) in [4.78, 5) is 4.41. The van der Waals surface area contributed by atoms with Gasteiger partial charge in [-0.1, -0.05) is 36.4 Å². The molecule has 2 N–H and O–H groups in total. The molecule has 27 heavy (non-hydrogen) atoms. The van der Waals surface area contributed by atoms with E-state index in [4.69, 9.17) is 15.2 Å². The van der Waals surface area contributed by atoms with Crippen LogP contribution in [0.3, 0.4) is 0 Å².